The van der Waals surface area contributed by atoms with E-state index < -0.39 is 0 Å². The van der Waals surface area contributed by atoms with E-state index in [2.05, 4.69) is 162 Å². The molecule has 0 aliphatic heterocycles. The lowest BCUT2D eigenvalue weighted by Gasteiger charge is -2.11. The molecular formula is C46H29N3O. The molecule has 0 bridgehead atoms. The third kappa shape index (κ3) is 4.46. The van der Waals surface area contributed by atoms with Gasteiger partial charge in [0, 0.05) is 43.8 Å². The Morgan fingerprint density at radius 1 is 0.400 bits per heavy atom. The number of benzene rings is 7. The minimum absolute atomic E-state index is 0.688. The summed E-state index contributed by atoms with van der Waals surface area (Å²) in [4.78, 5) is 10.4. The maximum Gasteiger partial charge on any atom is 0.161 e. The quantitative estimate of drug-likeness (QED) is 0.188. The predicted molar refractivity (Wildman–Crippen MR) is 205 cm³/mol. The molecule has 4 heteroatoms. The highest BCUT2D eigenvalue weighted by Crippen LogP contribution is 2.42. The van der Waals surface area contributed by atoms with Crippen molar-refractivity contribution < 1.29 is 4.42 Å². The van der Waals surface area contributed by atoms with Crippen molar-refractivity contribution in [3.05, 3.63) is 176 Å². The molecule has 0 aliphatic carbocycles. The molecule has 0 atom stereocenters. The number of furan rings is 1. The van der Waals surface area contributed by atoms with E-state index in [1.807, 2.05) is 18.2 Å². The molecule has 0 N–H and O–H groups in total. The number of para-hydroxylation sites is 3. The van der Waals surface area contributed by atoms with Gasteiger partial charge in [-0.05, 0) is 29.8 Å². The summed E-state index contributed by atoms with van der Waals surface area (Å²) < 4.78 is 9.22. The molecule has 50 heavy (non-hydrogen) atoms. The summed E-state index contributed by atoms with van der Waals surface area (Å²) in [5.74, 6) is 0.688. The molecule has 3 aromatic heterocycles. The number of hydrogen-bond donors (Lipinski definition) is 0. The zero-order valence-corrected chi connectivity index (χ0v) is 27.0. The van der Waals surface area contributed by atoms with Crippen LogP contribution < -0.4 is 0 Å². The average Bonchev–Trinajstić information content (AvgIpc) is 3.75. The fraction of sp³-hybridized carbons (Fsp3) is 0. The fourth-order valence-electron chi connectivity index (χ4n) is 7.37. The minimum atomic E-state index is 0.688. The van der Waals surface area contributed by atoms with Crippen molar-refractivity contribution in [1.82, 2.24) is 14.5 Å². The van der Waals surface area contributed by atoms with Crippen LogP contribution in [-0.4, -0.2) is 14.5 Å². The van der Waals surface area contributed by atoms with Gasteiger partial charge in [0.05, 0.1) is 28.1 Å². The van der Waals surface area contributed by atoms with Gasteiger partial charge in [-0.25, -0.2) is 9.97 Å². The first kappa shape index (κ1) is 28.3. The van der Waals surface area contributed by atoms with E-state index in [9.17, 15) is 0 Å². The Labute approximate surface area is 288 Å². The standard InChI is InChI=1S/C46H29N3O/c1-4-15-30(16-5-1)33-22-12-23-34-35-24-13-28-42(45(35)50-44(33)34)49-40-26-11-10-21-36(40)43-37(25-14-27-41(43)49)46-47-38(31-17-6-2-7-18-31)29-39(48-46)32-19-8-3-9-20-32/h1-29H. The van der Waals surface area contributed by atoms with Crippen molar-refractivity contribution in [3.8, 4) is 50.7 Å². The molecule has 10 aromatic rings. The summed E-state index contributed by atoms with van der Waals surface area (Å²) in [5, 5.41) is 4.42. The van der Waals surface area contributed by atoms with Gasteiger partial charge in [-0.15, -0.1) is 0 Å². The lowest BCUT2D eigenvalue weighted by atomic mass is 10.0. The third-order valence-electron chi connectivity index (χ3n) is 9.63. The molecule has 0 amide bonds. The Morgan fingerprint density at radius 2 is 0.920 bits per heavy atom. The van der Waals surface area contributed by atoms with Gasteiger partial charge in [0.15, 0.2) is 11.4 Å². The second-order valence-electron chi connectivity index (χ2n) is 12.6. The second-order valence-corrected chi connectivity index (χ2v) is 12.6. The third-order valence-corrected chi connectivity index (χ3v) is 9.63. The van der Waals surface area contributed by atoms with Crippen molar-refractivity contribution in [2.75, 3.05) is 0 Å². The van der Waals surface area contributed by atoms with Crippen LogP contribution in [-0.2, 0) is 0 Å². The van der Waals surface area contributed by atoms with Gasteiger partial charge in [-0.2, -0.15) is 0 Å². The predicted octanol–water partition coefficient (Wildman–Crippen LogP) is 12.1. The monoisotopic (exact) mass is 639 g/mol. The smallest absolute Gasteiger partial charge is 0.161 e. The number of rotatable bonds is 5. The van der Waals surface area contributed by atoms with Crippen LogP contribution in [0.1, 0.15) is 0 Å². The van der Waals surface area contributed by atoms with Crippen molar-refractivity contribution in [2.45, 2.75) is 0 Å². The first-order valence-electron chi connectivity index (χ1n) is 16.8. The molecule has 0 radical (unpaired) electrons. The van der Waals surface area contributed by atoms with Crippen LogP contribution in [0.2, 0.25) is 0 Å². The van der Waals surface area contributed by atoms with E-state index in [0.717, 1.165) is 88.6 Å². The Hall–Kier alpha value is -6.78. The van der Waals surface area contributed by atoms with Crippen LogP contribution in [0.3, 0.4) is 0 Å². The van der Waals surface area contributed by atoms with Crippen LogP contribution >= 0.6 is 0 Å². The van der Waals surface area contributed by atoms with Crippen molar-refractivity contribution in [3.63, 3.8) is 0 Å². The Morgan fingerprint density at radius 3 is 1.62 bits per heavy atom. The topological polar surface area (TPSA) is 43.9 Å². The molecule has 0 unspecified atom stereocenters. The highest BCUT2D eigenvalue weighted by atomic mass is 16.3. The SMILES string of the molecule is c1ccc(-c2cc(-c3ccccc3)nc(-c3cccc4c3c3ccccc3n4-c3cccc4c3oc3c(-c5ccccc5)cccc34)n2)cc1. The molecule has 0 fully saturated rings. The van der Waals surface area contributed by atoms with E-state index in [4.69, 9.17) is 14.4 Å². The maximum absolute atomic E-state index is 6.89. The van der Waals surface area contributed by atoms with Gasteiger partial charge in [-0.1, -0.05) is 152 Å². The molecule has 0 saturated carbocycles. The summed E-state index contributed by atoms with van der Waals surface area (Å²) in [6.07, 6.45) is 0. The first-order valence-corrected chi connectivity index (χ1v) is 16.8. The highest BCUT2D eigenvalue weighted by molar-refractivity contribution is 6.17. The van der Waals surface area contributed by atoms with Gasteiger partial charge >= 0.3 is 0 Å². The normalized spacial score (nSPS) is 11.6. The van der Waals surface area contributed by atoms with E-state index in [1.54, 1.807) is 0 Å². The summed E-state index contributed by atoms with van der Waals surface area (Å²) in [5.41, 5.74) is 12.0. The summed E-state index contributed by atoms with van der Waals surface area (Å²) in [6.45, 7) is 0. The lowest BCUT2D eigenvalue weighted by Crippen LogP contribution is -1.97. The molecule has 10 rings (SSSR count). The van der Waals surface area contributed by atoms with Gasteiger partial charge in [0.25, 0.3) is 0 Å². The zero-order chi connectivity index (χ0) is 33.0. The van der Waals surface area contributed by atoms with Crippen LogP contribution in [0.25, 0.3) is 94.5 Å². The number of fused-ring (bicyclic) bond motifs is 6. The summed E-state index contributed by atoms with van der Waals surface area (Å²) >= 11 is 0. The molecule has 7 aromatic carbocycles. The minimum Gasteiger partial charge on any atom is -0.453 e. The first-order chi connectivity index (χ1) is 24.8. The van der Waals surface area contributed by atoms with Crippen LogP contribution in [0, 0.1) is 0 Å². The van der Waals surface area contributed by atoms with E-state index in [0.29, 0.717) is 5.82 Å². The second kappa shape index (κ2) is 11.4. The largest absolute Gasteiger partial charge is 0.453 e. The molecule has 0 saturated heterocycles. The van der Waals surface area contributed by atoms with Gasteiger partial charge in [-0.3, -0.25) is 0 Å². The van der Waals surface area contributed by atoms with Crippen LogP contribution in [0.4, 0.5) is 0 Å². The fourth-order valence-corrected chi connectivity index (χ4v) is 7.37. The van der Waals surface area contributed by atoms with Gasteiger partial charge in [0.2, 0.25) is 0 Å². The molecule has 3 heterocycles. The van der Waals surface area contributed by atoms with Crippen molar-refractivity contribution >= 4 is 43.7 Å². The van der Waals surface area contributed by atoms with Gasteiger partial charge < -0.3 is 8.98 Å². The Balaban J connectivity index is 1.25. The molecule has 0 aliphatic rings. The average molecular weight is 640 g/mol. The Bertz CT molecular complexity index is 2800. The number of hydrogen-bond acceptors (Lipinski definition) is 3. The molecule has 4 nitrogen and oxygen atoms in total. The van der Waals surface area contributed by atoms with Gasteiger partial charge in [0.1, 0.15) is 5.58 Å². The van der Waals surface area contributed by atoms with Crippen LogP contribution in [0.15, 0.2) is 180 Å². The summed E-state index contributed by atoms with van der Waals surface area (Å²) in [6, 6.07) is 61.1. The molecule has 0 spiro atoms. The maximum atomic E-state index is 6.89. The zero-order valence-electron chi connectivity index (χ0n) is 27.0. The lowest BCUT2D eigenvalue weighted by molar-refractivity contribution is 0.667. The van der Waals surface area contributed by atoms with Crippen molar-refractivity contribution in [2.24, 2.45) is 0 Å². The van der Waals surface area contributed by atoms with Crippen molar-refractivity contribution in [1.29, 1.82) is 0 Å². The summed E-state index contributed by atoms with van der Waals surface area (Å²) in [7, 11) is 0. The van der Waals surface area contributed by atoms with E-state index >= 15 is 0 Å². The van der Waals surface area contributed by atoms with Crippen LogP contribution in [0.5, 0.6) is 0 Å². The Kier molecular flexibility index (Phi) is 6.46. The number of nitrogens with zero attached hydrogens (tertiary/aromatic N) is 3. The molecular weight excluding hydrogens is 611 g/mol. The van der Waals surface area contributed by atoms with E-state index in [1.165, 1.54) is 0 Å². The highest BCUT2D eigenvalue weighted by Gasteiger charge is 2.22. The van der Waals surface area contributed by atoms with E-state index in [-0.39, 0.29) is 0 Å². The number of aromatic nitrogens is 3. The molecule has 234 valence electrons.